The molecular formula is C37H43N3O6. The molecule has 9 nitrogen and oxygen atoms in total. The van der Waals surface area contributed by atoms with Crippen LogP contribution in [0.15, 0.2) is 85.1 Å². The number of esters is 1. The van der Waals surface area contributed by atoms with Gasteiger partial charge in [0.25, 0.3) is 0 Å². The minimum Gasteiger partial charge on any atom is -0.461 e. The fourth-order valence-corrected chi connectivity index (χ4v) is 4.66. The summed E-state index contributed by atoms with van der Waals surface area (Å²) >= 11 is 0. The molecule has 1 heterocycles. The number of hydrogen-bond acceptors (Lipinski definition) is 8. The molecule has 46 heavy (non-hydrogen) atoms. The molecule has 0 bridgehead atoms. The molecule has 242 valence electrons. The van der Waals surface area contributed by atoms with E-state index in [9.17, 15) is 14.4 Å². The third-order valence-corrected chi connectivity index (χ3v) is 6.83. The van der Waals surface area contributed by atoms with Gasteiger partial charge in [-0.25, -0.2) is 14.6 Å². The van der Waals surface area contributed by atoms with Crippen molar-refractivity contribution in [3.8, 4) is 0 Å². The molecule has 2 amide bonds. The highest BCUT2D eigenvalue weighted by atomic mass is 16.6. The van der Waals surface area contributed by atoms with Gasteiger partial charge in [0.2, 0.25) is 0 Å². The molecule has 1 unspecified atom stereocenters. The molecule has 3 aromatic carbocycles. The largest absolute Gasteiger partial charge is 0.461 e. The van der Waals surface area contributed by atoms with E-state index < -0.39 is 23.4 Å². The van der Waals surface area contributed by atoms with Crippen LogP contribution in [0.3, 0.4) is 0 Å². The molecule has 1 atom stereocenters. The van der Waals surface area contributed by atoms with Crippen LogP contribution in [0.4, 0.5) is 21.1 Å². The van der Waals surface area contributed by atoms with E-state index in [-0.39, 0.29) is 24.4 Å². The van der Waals surface area contributed by atoms with Gasteiger partial charge in [0, 0.05) is 29.7 Å². The molecular weight excluding hydrogens is 582 g/mol. The monoisotopic (exact) mass is 625 g/mol. The number of fused-ring (bicyclic) bond motifs is 1. The highest BCUT2D eigenvalue weighted by molar-refractivity contribution is 6.14. The van der Waals surface area contributed by atoms with Crippen LogP contribution in [0.5, 0.6) is 0 Å². The van der Waals surface area contributed by atoms with Crippen LogP contribution >= 0.6 is 0 Å². The molecule has 0 saturated carbocycles. The maximum atomic E-state index is 13.2. The predicted octanol–water partition coefficient (Wildman–Crippen LogP) is 8.76. The van der Waals surface area contributed by atoms with Gasteiger partial charge in [0.05, 0.1) is 0 Å². The van der Waals surface area contributed by atoms with E-state index in [1.165, 1.54) is 0 Å². The average Bonchev–Trinajstić information content (AvgIpc) is 2.98. The van der Waals surface area contributed by atoms with Crippen LogP contribution in [0.2, 0.25) is 0 Å². The van der Waals surface area contributed by atoms with E-state index in [1.807, 2.05) is 78.9 Å². The lowest BCUT2D eigenvalue weighted by Gasteiger charge is -2.28. The molecule has 4 rings (SSSR count). The summed E-state index contributed by atoms with van der Waals surface area (Å²) in [5.74, 6) is -0.0990. The van der Waals surface area contributed by atoms with Crippen LogP contribution in [0.25, 0.3) is 10.8 Å². The van der Waals surface area contributed by atoms with Crippen molar-refractivity contribution in [1.29, 1.82) is 0 Å². The number of rotatable bonds is 9. The van der Waals surface area contributed by atoms with Gasteiger partial charge in [0.15, 0.2) is 5.82 Å². The normalized spacial score (nSPS) is 12.2. The van der Waals surface area contributed by atoms with E-state index in [4.69, 9.17) is 14.2 Å². The zero-order valence-electron chi connectivity index (χ0n) is 27.6. The molecule has 0 spiro atoms. The Labute approximate surface area is 270 Å². The third kappa shape index (κ3) is 9.79. The summed E-state index contributed by atoms with van der Waals surface area (Å²) in [6.07, 6.45) is 0.714. The van der Waals surface area contributed by atoms with Crippen molar-refractivity contribution in [2.45, 2.75) is 85.2 Å². The van der Waals surface area contributed by atoms with Crippen LogP contribution in [0, 0.1) is 0 Å². The van der Waals surface area contributed by atoms with E-state index in [0.29, 0.717) is 18.2 Å². The number of amides is 2. The topological polar surface area (TPSA) is 107 Å². The predicted molar refractivity (Wildman–Crippen MR) is 180 cm³/mol. The molecule has 1 aromatic heterocycles. The van der Waals surface area contributed by atoms with Gasteiger partial charge in [-0.2, -0.15) is 4.90 Å². The third-order valence-electron chi connectivity index (χ3n) is 6.83. The van der Waals surface area contributed by atoms with Gasteiger partial charge in [-0.1, -0.05) is 54.6 Å². The Balaban J connectivity index is 1.43. The van der Waals surface area contributed by atoms with E-state index >= 15 is 0 Å². The molecule has 4 aromatic rings. The van der Waals surface area contributed by atoms with Gasteiger partial charge in [-0.05, 0) is 101 Å². The van der Waals surface area contributed by atoms with E-state index in [0.717, 1.165) is 32.7 Å². The number of nitrogens with zero attached hydrogens (tertiary/aromatic N) is 2. The minimum atomic E-state index is -0.870. The maximum Gasteiger partial charge on any atom is 0.425 e. The number of carbonyl (C=O) groups excluding carboxylic acids is 3. The first-order chi connectivity index (χ1) is 21.7. The van der Waals surface area contributed by atoms with Gasteiger partial charge >= 0.3 is 18.2 Å². The van der Waals surface area contributed by atoms with Crippen molar-refractivity contribution in [3.05, 3.63) is 102 Å². The van der Waals surface area contributed by atoms with Crippen LogP contribution in [-0.4, -0.2) is 34.3 Å². The highest BCUT2D eigenvalue weighted by Crippen LogP contribution is 2.31. The van der Waals surface area contributed by atoms with E-state index in [2.05, 4.69) is 17.2 Å². The fourth-order valence-electron chi connectivity index (χ4n) is 4.66. The van der Waals surface area contributed by atoms with Crippen molar-refractivity contribution in [2.75, 3.05) is 10.2 Å². The number of nitrogens with one attached hydrogen (secondary N) is 1. The van der Waals surface area contributed by atoms with Crippen molar-refractivity contribution in [1.82, 2.24) is 4.98 Å². The maximum absolute atomic E-state index is 13.2. The average molecular weight is 626 g/mol. The number of pyridine rings is 1. The summed E-state index contributed by atoms with van der Waals surface area (Å²) in [6.45, 7) is 12.7. The van der Waals surface area contributed by atoms with Gasteiger partial charge in [0.1, 0.15) is 17.8 Å². The Morgan fingerprint density at radius 3 is 2.04 bits per heavy atom. The summed E-state index contributed by atoms with van der Waals surface area (Å²) < 4.78 is 16.5. The zero-order valence-corrected chi connectivity index (χ0v) is 27.6. The number of ether oxygens (including phenoxy) is 3. The Morgan fingerprint density at radius 1 is 0.804 bits per heavy atom. The summed E-state index contributed by atoms with van der Waals surface area (Å²) in [7, 11) is 0. The number of aryl methyl sites for hydroxylation is 1. The molecule has 0 aliphatic carbocycles. The highest BCUT2D eigenvalue weighted by Gasteiger charge is 2.34. The number of aromatic nitrogens is 1. The zero-order chi connectivity index (χ0) is 33.5. The lowest BCUT2D eigenvalue weighted by Crippen LogP contribution is -2.44. The number of benzene rings is 3. The van der Waals surface area contributed by atoms with Crippen molar-refractivity contribution < 1.29 is 28.6 Å². The SMILES string of the molecule is CC(Nc1ccc2c(N(C(=O)OC(C)(C)C)C(=O)OC(C)(C)C)nccc2c1)c1ccc(CCC(=O)OCc2ccccc2)cc1. The Kier molecular flexibility index (Phi) is 10.7. The Hall–Kier alpha value is -4.92. The van der Waals surface area contributed by atoms with E-state index in [1.54, 1.807) is 47.7 Å². The second kappa shape index (κ2) is 14.5. The summed E-state index contributed by atoms with van der Waals surface area (Å²) in [5, 5.41) is 4.88. The van der Waals surface area contributed by atoms with Crippen molar-refractivity contribution in [3.63, 3.8) is 0 Å². The van der Waals surface area contributed by atoms with Crippen LogP contribution < -0.4 is 10.2 Å². The number of anilines is 2. The lowest BCUT2D eigenvalue weighted by atomic mass is 10.0. The molecule has 0 fully saturated rings. The van der Waals surface area contributed by atoms with Crippen molar-refractivity contribution >= 4 is 40.4 Å². The van der Waals surface area contributed by atoms with Gasteiger partial charge < -0.3 is 19.5 Å². The Bertz CT molecular complexity index is 1630. The first kappa shape index (κ1) is 34.0. The molecule has 0 aliphatic rings. The van der Waals surface area contributed by atoms with Crippen molar-refractivity contribution in [2.24, 2.45) is 0 Å². The smallest absolute Gasteiger partial charge is 0.425 e. The van der Waals surface area contributed by atoms with Gasteiger partial charge in [-0.15, -0.1) is 0 Å². The first-order valence-electron chi connectivity index (χ1n) is 15.4. The fraction of sp³-hybridized carbons (Fsp3) is 0.351. The number of carbonyl (C=O) groups is 3. The standard InChI is InChI=1S/C37H43N3O6/c1-25(28-16-13-26(14-17-28)15-20-32(41)44-24-27-11-9-8-10-12-27)39-30-18-19-31-29(23-30)21-22-38-33(31)40(34(42)45-36(2,3)4)35(43)46-37(5,6)7/h8-14,16-19,21-23,25,39H,15,20,24H2,1-7H3. The quantitative estimate of drug-likeness (QED) is 0.145. The van der Waals surface area contributed by atoms with Gasteiger partial charge in [-0.3, -0.25) is 4.79 Å². The second-order valence-electron chi connectivity index (χ2n) is 13.1. The summed E-state index contributed by atoms with van der Waals surface area (Å²) in [5.41, 5.74) is 2.28. The molecule has 0 aliphatic heterocycles. The summed E-state index contributed by atoms with van der Waals surface area (Å²) in [4.78, 5) is 43.9. The molecule has 9 heteroatoms. The molecule has 0 saturated heterocycles. The lowest BCUT2D eigenvalue weighted by molar-refractivity contribution is -0.144. The minimum absolute atomic E-state index is 0.0244. The molecule has 1 N–H and O–H groups in total. The van der Waals surface area contributed by atoms with Crippen LogP contribution in [0.1, 0.15) is 77.6 Å². The molecule has 0 radical (unpaired) electrons. The number of imide groups is 1. The van der Waals surface area contributed by atoms with Crippen LogP contribution in [-0.2, 0) is 32.0 Å². The Morgan fingerprint density at radius 2 is 1.43 bits per heavy atom. The first-order valence-corrected chi connectivity index (χ1v) is 15.4. The number of hydrogen-bond donors (Lipinski definition) is 1. The summed E-state index contributed by atoms with van der Waals surface area (Å²) in [6, 6.07) is 25.2. The second-order valence-corrected chi connectivity index (χ2v) is 13.1.